The summed E-state index contributed by atoms with van der Waals surface area (Å²) in [6, 6.07) is 11.2. The molecule has 2 aromatic rings. The second-order valence-electron chi connectivity index (χ2n) is 5.29. The third-order valence-corrected chi connectivity index (χ3v) is 4.01. The van der Waals surface area contributed by atoms with Crippen LogP contribution in [-0.2, 0) is 17.6 Å². The number of benzene rings is 2. The van der Waals surface area contributed by atoms with Crippen molar-refractivity contribution in [3.8, 4) is 0 Å². The Morgan fingerprint density at radius 1 is 1.19 bits per heavy atom. The van der Waals surface area contributed by atoms with E-state index in [2.05, 4.69) is 5.32 Å². The second kappa shape index (κ2) is 5.04. The highest BCUT2D eigenvalue weighted by Gasteiger charge is 2.44. The van der Waals surface area contributed by atoms with E-state index in [4.69, 9.17) is 11.6 Å². The van der Waals surface area contributed by atoms with Crippen molar-refractivity contribution in [2.24, 2.45) is 0 Å². The average molecular weight is 306 g/mol. The van der Waals surface area contributed by atoms with E-state index in [0.717, 1.165) is 11.1 Å². The van der Waals surface area contributed by atoms with Gasteiger partial charge in [0.15, 0.2) is 0 Å². The Morgan fingerprint density at radius 2 is 1.95 bits per heavy atom. The lowest BCUT2D eigenvalue weighted by atomic mass is 9.95. The second-order valence-corrected chi connectivity index (χ2v) is 5.73. The molecule has 0 radical (unpaired) electrons. The number of hydrogen-bond acceptors (Lipinski definition) is 2. The van der Waals surface area contributed by atoms with E-state index in [1.54, 1.807) is 24.3 Å². The maximum Gasteiger partial charge on any atom is 0.330 e. The number of fused-ring (bicyclic) bond motifs is 1. The van der Waals surface area contributed by atoms with Gasteiger partial charge in [0.2, 0.25) is 0 Å². The molecule has 0 saturated heterocycles. The highest BCUT2D eigenvalue weighted by Crippen LogP contribution is 2.34. The number of halogens is 2. The molecule has 5 heteroatoms. The van der Waals surface area contributed by atoms with Crippen LogP contribution in [0.15, 0.2) is 42.5 Å². The molecule has 0 amide bonds. The Kier molecular flexibility index (Phi) is 3.33. The zero-order valence-electron chi connectivity index (χ0n) is 11.1. The molecule has 0 spiro atoms. The first-order valence-corrected chi connectivity index (χ1v) is 6.91. The van der Waals surface area contributed by atoms with Gasteiger partial charge in [0.05, 0.1) is 0 Å². The Labute approximate surface area is 126 Å². The third-order valence-electron chi connectivity index (χ3n) is 3.77. The van der Waals surface area contributed by atoms with Crippen LogP contribution in [0.5, 0.6) is 0 Å². The predicted octanol–water partition coefficient (Wildman–Crippen LogP) is 3.51. The molecule has 21 heavy (non-hydrogen) atoms. The minimum atomic E-state index is -1.17. The van der Waals surface area contributed by atoms with Crippen molar-refractivity contribution in [2.75, 3.05) is 5.32 Å². The van der Waals surface area contributed by atoms with Crippen LogP contribution < -0.4 is 5.32 Å². The van der Waals surface area contributed by atoms with Gasteiger partial charge in [-0.15, -0.1) is 0 Å². The van der Waals surface area contributed by atoms with Crippen molar-refractivity contribution in [3.63, 3.8) is 0 Å². The summed E-state index contributed by atoms with van der Waals surface area (Å²) in [5, 5.41) is 13.2. The number of rotatable bonds is 3. The lowest BCUT2D eigenvalue weighted by molar-refractivity contribution is -0.142. The van der Waals surface area contributed by atoms with Crippen LogP contribution in [0.25, 0.3) is 0 Å². The molecule has 0 fully saturated rings. The molecule has 1 atom stereocenters. The largest absolute Gasteiger partial charge is 0.479 e. The van der Waals surface area contributed by atoms with Crippen molar-refractivity contribution in [3.05, 3.63) is 64.4 Å². The van der Waals surface area contributed by atoms with Gasteiger partial charge >= 0.3 is 5.97 Å². The molecule has 1 aliphatic rings. The molecular formula is C16H13ClFNO2. The van der Waals surface area contributed by atoms with Crippen LogP contribution in [-0.4, -0.2) is 16.6 Å². The summed E-state index contributed by atoms with van der Waals surface area (Å²) < 4.78 is 13.3. The van der Waals surface area contributed by atoms with E-state index in [9.17, 15) is 14.3 Å². The zero-order chi connectivity index (χ0) is 15.0. The molecule has 2 N–H and O–H groups in total. The van der Waals surface area contributed by atoms with Crippen LogP contribution in [0.3, 0.4) is 0 Å². The molecule has 0 aromatic heterocycles. The van der Waals surface area contributed by atoms with Gasteiger partial charge in [-0.05, 0) is 41.5 Å². The Balaban J connectivity index is 1.95. The lowest BCUT2D eigenvalue weighted by Crippen LogP contribution is -2.47. The van der Waals surface area contributed by atoms with Gasteiger partial charge in [-0.1, -0.05) is 23.7 Å². The van der Waals surface area contributed by atoms with Gasteiger partial charge in [0.25, 0.3) is 0 Å². The smallest absolute Gasteiger partial charge is 0.330 e. The topological polar surface area (TPSA) is 49.3 Å². The van der Waals surface area contributed by atoms with Crippen molar-refractivity contribution >= 4 is 23.3 Å². The van der Waals surface area contributed by atoms with Crippen LogP contribution in [0, 0.1) is 5.82 Å². The zero-order valence-corrected chi connectivity index (χ0v) is 11.8. The number of carbonyl (C=O) groups is 1. The first-order chi connectivity index (χ1) is 9.98. The fourth-order valence-electron chi connectivity index (χ4n) is 2.78. The van der Waals surface area contributed by atoms with E-state index < -0.39 is 17.3 Å². The highest BCUT2D eigenvalue weighted by molar-refractivity contribution is 6.30. The first-order valence-electron chi connectivity index (χ1n) is 6.53. The molecule has 0 aliphatic heterocycles. The maximum atomic E-state index is 13.3. The van der Waals surface area contributed by atoms with Crippen LogP contribution in [0.2, 0.25) is 5.02 Å². The lowest BCUT2D eigenvalue weighted by Gasteiger charge is -2.26. The summed E-state index contributed by atoms with van der Waals surface area (Å²) in [5.41, 5.74) is 1.15. The summed E-state index contributed by atoms with van der Waals surface area (Å²) in [6.07, 6.45) is 0.653. The van der Waals surface area contributed by atoms with E-state index in [-0.39, 0.29) is 0 Å². The molecule has 3 rings (SSSR count). The van der Waals surface area contributed by atoms with Crippen LogP contribution >= 0.6 is 11.6 Å². The van der Waals surface area contributed by atoms with Gasteiger partial charge in [-0.2, -0.15) is 0 Å². The minimum Gasteiger partial charge on any atom is -0.479 e. The predicted molar refractivity (Wildman–Crippen MR) is 79.2 cm³/mol. The fourth-order valence-corrected chi connectivity index (χ4v) is 2.97. The monoisotopic (exact) mass is 305 g/mol. The van der Waals surface area contributed by atoms with Crippen molar-refractivity contribution in [1.29, 1.82) is 0 Å². The van der Waals surface area contributed by atoms with Crippen molar-refractivity contribution < 1.29 is 14.3 Å². The molecule has 108 valence electrons. The molecule has 1 aliphatic carbocycles. The summed E-state index contributed by atoms with van der Waals surface area (Å²) in [5.74, 6) is -1.36. The summed E-state index contributed by atoms with van der Waals surface area (Å²) >= 11 is 5.96. The number of hydrogen-bond donors (Lipinski definition) is 2. The normalized spacial score (nSPS) is 20.1. The first kappa shape index (κ1) is 13.9. The van der Waals surface area contributed by atoms with E-state index in [1.165, 1.54) is 12.1 Å². The van der Waals surface area contributed by atoms with Gasteiger partial charge in [0, 0.05) is 23.6 Å². The van der Waals surface area contributed by atoms with Crippen LogP contribution in [0.4, 0.5) is 10.1 Å². The standard InChI is InChI=1S/C16H13ClFNO2/c17-12-5-4-10-8-16(15(20)21,9-11(10)6-12)19-14-3-1-2-13(18)7-14/h1-7,19H,8-9H2,(H,20,21). The molecule has 2 aromatic carbocycles. The molecule has 0 saturated carbocycles. The third kappa shape index (κ3) is 2.59. The Morgan fingerprint density at radius 3 is 2.67 bits per heavy atom. The number of carboxylic acids is 1. The van der Waals surface area contributed by atoms with Gasteiger partial charge < -0.3 is 10.4 Å². The molecule has 0 heterocycles. The summed E-state index contributed by atoms with van der Waals surface area (Å²) in [7, 11) is 0. The van der Waals surface area contributed by atoms with Crippen molar-refractivity contribution in [2.45, 2.75) is 18.4 Å². The molecular weight excluding hydrogens is 293 g/mol. The average Bonchev–Trinajstić information content (AvgIpc) is 2.77. The maximum absolute atomic E-state index is 13.3. The number of carboxylic acid groups (broad SMARTS) is 1. The van der Waals surface area contributed by atoms with E-state index >= 15 is 0 Å². The van der Waals surface area contributed by atoms with E-state index in [0.29, 0.717) is 23.6 Å². The number of anilines is 1. The number of aliphatic carboxylic acids is 1. The van der Waals surface area contributed by atoms with Gasteiger partial charge in [0.1, 0.15) is 11.4 Å². The Bertz CT molecular complexity index is 719. The molecule has 3 nitrogen and oxygen atoms in total. The SMILES string of the molecule is O=C(O)C1(Nc2cccc(F)c2)Cc2ccc(Cl)cc2C1. The van der Waals surface area contributed by atoms with Crippen LogP contribution in [0.1, 0.15) is 11.1 Å². The highest BCUT2D eigenvalue weighted by atomic mass is 35.5. The molecule has 0 bridgehead atoms. The van der Waals surface area contributed by atoms with Crippen molar-refractivity contribution in [1.82, 2.24) is 0 Å². The summed E-state index contributed by atoms with van der Waals surface area (Å²) in [4.78, 5) is 11.8. The van der Waals surface area contributed by atoms with Gasteiger partial charge in [-0.3, -0.25) is 0 Å². The minimum absolute atomic E-state index is 0.314. The molecule has 1 unspecified atom stereocenters. The van der Waals surface area contributed by atoms with Gasteiger partial charge in [-0.25, -0.2) is 9.18 Å². The fraction of sp³-hybridized carbons (Fsp3) is 0.188. The Hall–Kier alpha value is -2.07. The quantitative estimate of drug-likeness (QED) is 0.912. The number of nitrogens with one attached hydrogen (secondary N) is 1. The summed E-state index contributed by atoms with van der Waals surface area (Å²) in [6.45, 7) is 0. The van der Waals surface area contributed by atoms with E-state index in [1.807, 2.05) is 6.07 Å².